The van der Waals surface area contributed by atoms with Crippen LogP contribution in [0.1, 0.15) is 5.56 Å². The average Bonchev–Trinajstić information content (AvgIpc) is 2.15. The number of aliphatic carboxylic acids is 1. The molecule has 0 aliphatic carbocycles. The van der Waals surface area contributed by atoms with Crippen LogP contribution in [0, 0.1) is 10.1 Å². The molecule has 1 heterocycles. The number of carboxylic acid groups (broad SMARTS) is 1. The second-order valence-corrected chi connectivity index (χ2v) is 3.23. The van der Waals surface area contributed by atoms with E-state index in [-0.39, 0.29) is 10.4 Å². The first-order valence-electron chi connectivity index (χ1n) is 3.72. The molecule has 0 bridgehead atoms. The van der Waals surface area contributed by atoms with Crippen LogP contribution in [-0.2, 0) is 4.79 Å². The number of hydrogen-bond donors (Lipinski definition) is 1. The number of nitro groups is 1. The molecule has 0 aliphatic heterocycles. The van der Waals surface area contributed by atoms with E-state index in [0.717, 1.165) is 6.08 Å². The van der Waals surface area contributed by atoms with E-state index >= 15 is 0 Å². The maximum atomic E-state index is 10.3. The Balaban J connectivity index is 3.03. The van der Waals surface area contributed by atoms with Crippen molar-refractivity contribution in [2.75, 3.05) is 0 Å². The topological polar surface area (TPSA) is 93.3 Å². The van der Waals surface area contributed by atoms with Gasteiger partial charge in [0.25, 0.3) is 0 Å². The van der Waals surface area contributed by atoms with Gasteiger partial charge in [-0.2, -0.15) is 0 Å². The summed E-state index contributed by atoms with van der Waals surface area (Å²) in [7, 11) is 0. The van der Waals surface area contributed by atoms with E-state index in [1.54, 1.807) is 0 Å². The largest absolute Gasteiger partial charge is 0.478 e. The summed E-state index contributed by atoms with van der Waals surface area (Å²) in [5, 5.41) is 18.7. The summed E-state index contributed by atoms with van der Waals surface area (Å²) < 4.78 is 0.231. The van der Waals surface area contributed by atoms with Gasteiger partial charge in [0.1, 0.15) is 0 Å². The van der Waals surface area contributed by atoms with E-state index in [2.05, 4.69) is 20.9 Å². The maximum absolute atomic E-state index is 10.3. The van der Waals surface area contributed by atoms with E-state index in [1.807, 2.05) is 0 Å². The molecule has 0 unspecified atom stereocenters. The lowest BCUT2D eigenvalue weighted by Crippen LogP contribution is -1.93. The Morgan fingerprint density at radius 2 is 2.27 bits per heavy atom. The van der Waals surface area contributed by atoms with Crippen LogP contribution < -0.4 is 0 Å². The van der Waals surface area contributed by atoms with Crippen LogP contribution in [0.2, 0.25) is 0 Å². The highest BCUT2D eigenvalue weighted by molar-refractivity contribution is 9.10. The number of carbonyl (C=O) groups is 1. The number of rotatable bonds is 3. The molecule has 0 spiro atoms. The Kier molecular flexibility index (Phi) is 3.51. The highest BCUT2D eigenvalue weighted by Crippen LogP contribution is 2.19. The first-order chi connectivity index (χ1) is 7.00. The highest BCUT2D eigenvalue weighted by Gasteiger charge is 2.11. The third kappa shape index (κ3) is 3.13. The van der Waals surface area contributed by atoms with Gasteiger partial charge in [-0.15, -0.1) is 0 Å². The van der Waals surface area contributed by atoms with E-state index in [4.69, 9.17) is 5.11 Å². The van der Waals surface area contributed by atoms with Crippen molar-refractivity contribution < 1.29 is 14.8 Å². The average molecular weight is 273 g/mol. The highest BCUT2D eigenvalue weighted by atomic mass is 79.9. The molecule has 0 fully saturated rings. The number of pyridine rings is 1. The van der Waals surface area contributed by atoms with E-state index < -0.39 is 10.9 Å². The van der Waals surface area contributed by atoms with Gasteiger partial charge in [0.05, 0.1) is 0 Å². The molecule has 1 aromatic heterocycles. The van der Waals surface area contributed by atoms with Gasteiger partial charge in [-0.25, -0.2) is 4.79 Å². The Labute approximate surface area is 92.5 Å². The zero-order chi connectivity index (χ0) is 11.4. The fourth-order valence-corrected chi connectivity index (χ4v) is 1.27. The molecule has 78 valence electrons. The second-order valence-electron chi connectivity index (χ2n) is 2.48. The molecule has 0 saturated carbocycles. The quantitative estimate of drug-likeness (QED) is 0.392. The zero-order valence-electron chi connectivity index (χ0n) is 7.25. The molecule has 1 rings (SSSR count). The minimum Gasteiger partial charge on any atom is -0.478 e. The summed E-state index contributed by atoms with van der Waals surface area (Å²) in [6, 6.07) is 2.61. The molecule has 0 aliphatic rings. The third-order valence-electron chi connectivity index (χ3n) is 1.46. The summed E-state index contributed by atoms with van der Waals surface area (Å²) in [6.45, 7) is 0. The van der Waals surface area contributed by atoms with Crippen LogP contribution in [0.3, 0.4) is 0 Å². The van der Waals surface area contributed by atoms with Crippen molar-refractivity contribution in [1.82, 2.24) is 4.98 Å². The predicted octanol–water partition coefficient (Wildman–Crippen LogP) is 1.85. The van der Waals surface area contributed by atoms with Crippen LogP contribution in [0.5, 0.6) is 0 Å². The van der Waals surface area contributed by atoms with Crippen LogP contribution in [-0.4, -0.2) is 21.0 Å². The zero-order valence-corrected chi connectivity index (χ0v) is 8.84. The van der Waals surface area contributed by atoms with Crippen molar-refractivity contribution in [2.45, 2.75) is 0 Å². The molecule has 0 aromatic carbocycles. The Morgan fingerprint density at radius 1 is 1.60 bits per heavy atom. The number of aromatic nitrogens is 1. The summed E-state index contributed by atoms with van der Waals surface area (Å²) in [5.41, 5.74) is 0.461. The molecule has 0 radical (unpaired) electrons. The molecule has 15 heavy (non-hydrogen) atoms. The fourth-order valence-electron chi connectivity index (χ4n) is 0.823. The van der Waals surface area contributed by atoms with Crippen molar-refractivity contribution in [1.29, 1.82) is 0 Å². The summed E-state index contributed by atoms with van der Waals surface area (Å²) >= 11 is 3.01. The van der Waals surface area contributed by atoms with E-state index in [0.29, 0.717) is 5.56 Å². The lowest BCUT2D eigenvalue weighted by molar-refractivity contribution is -0.389. The fraction of sp³-hybridized carbons (Fsp3) is 0. The number of halogens is 1. The van der Waals surface area contributed by atoms with Gasteiger partial charge in [0, 0.05) is 33.6 Å². The van der Waals surface area contributed by atoms with Crippen LogP contribution in [0.15, 0.2) is 22.8 Å². The Hall–Kier alpha value is -1.76. The minimum atomic E-state index is -1.10. The molecule has 6 nitrogen and oxygen atoms in total. The van der Waals surface area contributed by atoms with Crippen LogP contribution in [0.25, 0.3) is 6.08 Å². The van der Waals surface area contributed by atoms with Crippen LogP contribution in [0.4, 0.5) is 5.82 Å². The molecule has 7 heteroatoms. The Bertz CT molecular complexity index is 444. The van der Waals surface area contributed by atoms with E-state index in [9.17, 15) is 14.9 Å². The van der Waals surface area contributed by atoms with Crippen molar-refractivity contribution >= 4 is 33.8 Å². The number of carboxylic acids is 1. The SMILES string of the molecule is O=C(O)/C=C/c1ccc([N+](=O)[O-])nc1Br. The molecular weight excluding hydrogens is 268 g/mol. The van der Waals surface area contributed by atoms with Crippen molar-refractivity contribution in [3.63, 3.8) is 0 Å². The maximum Gasteiger partial charge on any atom is 0.364 e. The van der Waals surface area contributed by atoms with Gasteiger partial charge in [0.15, 0.2) is 0 Å². The van der Waals surface area contributed by atoms with Gasteiger partial charge < -0.3 is 15.2 Å². The lowest BCUT2D eigenvalue weighted by atomic mass is 10.2. The van der Waals surface area contributed by atoms with Gasteiger partial charge in [-0.1, -0.05) is 0 Å². The minimum absolute atomic E-state index is 0.231. The molecule has 0 atom stereocenters. The van der Waals surface area contributed by atoms with Crippen molar-refractivity contribution in [3.05, 3.63) is 38.5 Å². The first-order valence-corrected chi connectivity index (χ1v) is 4.52. The van der Waals surface area contributed by atoms with Gasteiger partial charge in [0.2, 0.25) is 4.60 Å². The van der Waals surface area contributed by atoms with Crippen molar-refractivity contribution in [3.8, 4) is 0 Å². The summed E-state index contributed by atoms with van der Waals surface area (Å²) in [5.74, 6) is -1.39. The van der Waals surface area contributed by atoms with Gasteiger partial charge in [-0.05, 0) is 22.0 Å². The molecule has 1 aromatic rings. The molecule has 0 saturated heterocycles. The monoisotopic (exact) mass is 272 g/mol. The van der Waals surface area contributed by atoms with E-state index in [1.165, 1.54) is 18.2 Å². The second kappa shape index (κ2) is 4.65. The summed E-state index contributed by atoms with van der Waals surface area (Å²) in [6.07, 6.45) is 2.22. The number of nitrogens with zero attached hydrogens (tertiary/aromatic N) is 2. The third-order valence-corrected chi connectivity index (χ3v) is 2.09. The molecular formula is C8H5BrN2O4. The normalized spacial score (nSPS) is 10.5. The smallest absolute Gasteiger partial charge is 0.364 e. The number of hydrogen-bond acceptors (Lipinski definition) is 4. The predicted molar refractivity (Wildman–Crippen MR) is 55.3 cm³/mol. The Morgan fingerprint density at radius 3 is 2.73 bits per heavy atom. The van der Waals surface area contributed by atoms with Crippen LogP contribution >= 0.6 is 15.9 Å². The van der Waals surface area contributed by atoms with Crippen molar-refractivity contribution in [2.24, 2.45) is 0 Å². The van der Waals surface area contributed by atoms with Gasteiger partial charge >= 0.3 is 11.8 Å². The first kappa shape index (κ1) is 11.3. The lowest BCUT2D eigenvalue weighted by Gasteiger charge is -1.94. The van der Waals surface area contributed by atoms with Gasteiger partial charge in [-0.3, -0.25) is 0 Å². The standard InChI is InChI=1S/C8H5BrN2O4/c9-8-5(2-4-7(12)13)1-3-6(10-8)11(14)15/h1-4H,(H,12,13)/b4-2+. The molecule has 1 N–H and O–H groups in total. The molecule has 0 amide bonds. The summed E-state index contributed by atoms with van der Waals surface area (Å²) in [4.78, 5) is 23.6.